The minimum atomic E-state index is 1.11. The second-order valence-corrected chi connectivity index (χ2v) is 13.8. The maximum Gasteiger partial charge on any atom is 0.0540 e. The Morgan fingerprint density at radius 2 is 0.717 bits per heavy atom. The predicted octanol–water partition coefficient (Wildman–Crippen LogP) is 14.8. The van der Waals surface area contributed by atoms with E-state index in [2.05, 4.69) is 217 Å². The van der Waals surface area contributed by atoms with Crippen molar-refractivity contribution in [3.63, 3.8) is 0 Å². The van der Waals surface area contributed by atoms with Crippen LogP contribution < -0.4 is 4.90 Å². The highest BCUT2D eigenvalue weighted by Gasteiger charge is 2.18. The van der Waals surface area contributed by atoms with Crippen LogP contribution in [0.4, 0.5) is 17.1 Å². The zero-order chi connectivity index (χ0) is 35.1. The van der Waals surface area contributed by atoms with E-state index in [1.807, 2.05) is 0 Å². The standard InChI is InChI=1S/C52H35N/c1-2-11-39(12-3-1)49-16-8-9-17-52(49)53(45-27-20-37(21-28-45)42-19-18-36-10-4-5-14-41(36)34-42)46-29-22-38(23-30-46)43-25-31-48-44(35-43)26-33-50-47-15-7-6-13-40(47)24-32-51(48)50/h1-35H. The molecule has 10 rings (SSSR count). The SMILES string of the molecule is c1ccc(-c2ccccc2N(c2ccc(-c3ccc4ccccc4c3)cc2)c2ccc(-c3ccc4c(ccc5c6ccccc6ccc45)c3)cc2)cc1. The summed E-state index contributed by atoms with van der Waals surface area (Å²) in [6.07, 6.45) is 0. The van der Waals surface area contributed by atoms with Gasteiger partial charge in [-0.1, -0.05) is 170 Å². The Balaban J connectivity index is 1.04. The van der Waals surface area contributed by atoms with E-state index in [0.717, 1.165) is 17.1 Å². The van der Waals surface area contributed by atoms with E-state index in [0.29, 0.717) is 0 Å². The highest BCUT2D eigenvalue weighted by Crippen LogP contribution is 2.42. The van der Waals surface area contributed by atoms with Crippen LogP contribution in [0.15, 0.2) is 212 Å². The van der Waals surface area contributed by atoms with E-state index in [1.165, 1.54) is 76.5 Å². The Morgan fingerprint density at radius 1 is 0.245 bits per heavy atom. The molecule has 0 atom stereocenters. The quantitative estimate of drug-likeness (QED) is 0.159. The molecule has 0 amide bonds. The monoisotopic (exact) mass is 673 g/mol. The molecular formula is C52H35N. The van der Waals surface area contributed by atoms with Gasteiger partial charge in [-0.15, -0.1) is 0 Å². The number of anilines is 3. The summed E-state index contributed by atoms with van der Waals surface area (Å²) in [4.78, 5) is 2.38. The number of hydrogen-bond acceptors (Lipinski definition) is 1. The van der Waals surface area contributed by atoms with E-state index >= 15 is 0 Å². The Morgan fingerprint density at radius 3 is 1.43 bits per heavy atom. The molecule has 10 aromatic carbocycles. The molecular weight excluding hydrogens is 639 g/mol. The number of nitrogens with zero attached hydrogens (tertiary/aromatic N) is 1. The van der Waals surface area contributed by atoms with Crippen molar-refractivity contribution in [1.82, 2.24) is 0 Å². The molecule has 0 saturated carbocycles. The minimum Gasteiger partial charge on any atom is -0.310 e. The van der Waals surface area contributed by atoms with Gasteiger partial charge in [0.15, 0.2) is 0 Å². The number of benzene rings is 10. The van der Waals surface area contributed by atoms with Crippen LogP contribution in [0.5, 0.6) is 0 Å². The largest absolute Gasteiger partial charge is 0.310 e. The predicted molar refractivity (Wildman–Crippen MR) is 227 cm³/mol. The maximum atomic E-state index is 2.38. The minimum absolute atomic E-state index is 1.11. The second-order valence-electron chi connectivity index (χ2n) is 13.8. The summed E-state index contributed by atoms with van der Waals surface area (Å²) in [5.41, 5.74) is 10.5. The molecule has 0 aliphatic heterocycles. The lowest BCUT2D eigenvalue weighted by Crippen LogP contribution is -2.11. The smallest absolute Gasteiger partial charge is 0.0540 e. The summed E-state index contributed by atoms with van der Waals surface area (Å²) in [7, 11) is 0. The van der Waals surface area contributed by atoms with E-state index < -0.39 is 0 Å². The summed E-state index contributed by atoms with van der Waals surface area (Å²) in [5.74, 6) is 0. The normalized spacial score (nSPS) is 11.4. The molecule has 0 N–H and O–H groups in total. The number of hydrogen-bond donors (Lipinski definition) is 0. The van der Waals surface area contributed by atoms with Crippen LogP contribution in [0, 0.1) is 0 Å². The summed E-state index contributed by atoms with van der Waals surface area (Å²) >= 11 is 0. The van der Waals surface area contributed by atoms with Crippen LogP contribution in [-0.4, -0.2) is 0 Å². The molecule has 0 heterocycles. The molecule has 1 heteroatoms. The lowest BCUT2D eigenvalue weighted by molar-refractivity contribution is 1.28. The van der Waals surface area contributed by atoms with Crippen molar-refractivity contribution in [2.24, 2.45) is 0 Å². The third-order valence-corrected chi connectivity index (χ3v) is 10.6. The molecule has 0 radical (unpaired) electrons. The van der Waals surface area contributed by atoms with Gasteiger partial charge in [0.05, 0.1) is 5.69 Å². The molecule has 0 aliphatic carbocycles. The van der Waals surface area contributed by atoms with Crippen molar-refractivity contribution >= 4 is 60.2 Å². The van der Waals surface area contributed by atoms with Crippen molar-refractivity contribution in [2.45, 2.75) is 0 Å². The van der Waals surface area contributed by atoms with Gasteiger partial charge in [-0.3, -0.25) is 0 Å². The van der Waals surface area contributed by atoms with Crippen LogP contribution in [0.2, 0.25) is 0 Å². The van der Waals surface area contributed by atoms with Gasteiger partial charge in [0.25, 0.3) is 0 Å². The Kier molecular flexibility index (Phi) is 7.55. The van der Waals surface area contributed by atoms with Gasteiger partial charge in [0.1, 0.15) is 0 Å². The molecule has 0 unspecified atom stereocenters. The molecule has 0 aliphatic rings. The van der Waals surface area contributed by atoms with E-state index in [9.17, 15) is 0 Å². The fraction of sp³-hybridized carbons (Fsp3) is 0. The Bertz CT molecular complexity index is 2920. The zero-order valence-corrected chi connectivity index (χ0v) is 29.2. The first-order valence-corrected chi connectivity index (χ1v) is 18.3. The second kappa shape index (κ2) is 13.0. The molecule has 0 aromatic heterocycles. The third-order valence-electron chi connectivity index (χ3n) is 10.6. The molecule has 10 aromatic rings. The molecule has 53 heavy (non-hydrogen) atoms. The van der Waals surface area contributed by atoms with Gasteiger partial charge < -0.3 is 4.90 Å². The highest BCUT2D eigenvalue weighted by molar-refractivity contribution is 6.17. The molecule has 0 fully saturated rings. The summed E-state index contributed by atoms with van der Waals surface area (Å²) in [5, 5.41) is 10.2. The Labute approximate surface area is 309 Å². The van der Waals surface area contributed by atoms with Gasteiger partial charge in [0.2, 0.25) is 0 Å². The van der Waals surface area contributed by atoms with Crippen LogP contribution in [0.25, 0.3) is 76.5 Å². The molecule has 0 spiro atoms. The van der Waals surface area contributed by atoms with Gasteiger partial charge in [0, 0.05) is 16.9 Å². The van der Waals surface area contributed by atoms with E-state index in [-0.39, 0.29) is 0 Å². The summed E-state index contributed by atoms with van der Waals surface area (Å²) < 4.78 is 0. The van der Waals surface area contributed by atoms with Gasteiger partial charge in [-0.25, -0.2) is 0 Å². The van der Waals surface area contributed by atoms with Crippen LogP contribution in [0.3, 0.4) is 0 Å². The average Bonchev–Trinajstić information content (AvgIpc) is 3.24. The summed E-state index contributed by atoms with van der Waals surface area (Å²) in [6, 6.07) is 77.2. The number of rotatable bonds is 6. The first-order valence-electron chi connectivity index (χ1n) is 18.3. The lowest BCUT2D eigenvalue weighted by Gasteiger charge is -2.28. The fourth-order valence-electron chi connectivity index (χ4n) is 7.94. The first kappa shape index (κ1) is 30.8. The number of para-hydroxylation sites is 1. The van der Waals surface area contributed by atoms with Gasteiger partial charge in [-0.2, -0.15) is 0 Å². The maximum absolute atomic E-state index is 2.38. The highest BCUT2D eigenvalue weighted by atomic mass is 15.1. The molecule has 248 valence electrons. The third kappa shape index (κ3) is 5.60. The van der Waals surface area contributed by atoms with E-state index in [1.54, 1.807) is 0 Å². The fourth-order valence-corrected chi connectivity index (χ4v) is 7.94. The molecule has 0 saturated heterocycles. The lowest BCUT2D eigenvalue weighted by atomic mass is 9.94. The van der Waals surface area contributed by atoms with E-state index in [4.69, 9.17) is 0 Å². The first-order chi connectivity index (χ1) is 26.3. The van der Waals surface area contributed by atoms with Crippen molar-refractivity contribution in [2.75, 3.05) is 4.90 Å². The van der Waals surface area contributed by atoms with Crippen LogP contribution in [0.1, 0.15) is 0 Å². The topological polar surface area (TPSA) is 3.24 Å². The number of fused-ring (bicyclic) bond motifs is 6. The molecule has 1 nitrogen and oxygen atoms in total. The Hall–Kier alpha value is -6.96. The van der Waals surface area contributed by atoms with Crippen molar-refractivity contribution in [3.8, 4) is 33.4 Å². The van der Waals surface area contributed by atoms with Gasteiger partial charge >= 0.3 is 0 Å². The van der Waals surface area contributed by atoms with Crippen molar-refractivity contribution in [3.05, 3.63) is 212 Å². The molecule has 0 bridgehead atoms. The van der Waals surface area contributed by atoms with Crippen LogP contribution in [-0.2, 0) is 0 Å². The average molecular weight is 674 g/mol. The zero-order valence-electron chi connectivity index (χ0n) is 29.2. The van der Waals surface area contributed by atoms with Crippen molar-refractivity contribution in [1.29, 1.82) is 0 Å². The van der Waals surface area contributed by atoms with Gasteiger partial charge in [-0.05, 0) is 113 Å². The van der Waals surface area contributed by atoms with Crippen LogP contribution >= 0.6 is 0 Å². The van der Waals surface area contributed by atoms with Crippen molar-refractivity contribution < 1.29 is 0 Å². The summed E-state index contributed by atoms with van der Waals surface area (Å²) in [6.45, 7) is 0.